The van der Waals surface area contributed by atoms with E-state index < -0.39 is 11.6 Å². The molecule has 0 saturated heterocycles. The zero-order chi connectivity index (χ0) is 23.5. The van der Waals surface area contributed by atoms with Crippen molar-refractivity contribution in [2.45, 2.75) is 17.3 Å². The lowest BCUT2D eigenvalue weighted by atomic mass is 10.0. The molecule has 0 N–H and O–H groups in total. The lowest BCUT2D eigenvalue weighted by Gasteiger charge is -2.10. The van der Waals surface area contributed by atoms with Gasteiger partial charge in [0, 0.05) is 32.7 Å². The number of rotatable bonds is 6. The van der Waals surface area contributed by atoms with Gasteiger partial charge in [-0.2, -0.15) is 0 Å². The predicted octanol–water partition coefficient (Wildman–Crippen LogP) is 7.25. The molecule has 6 heteroatoms. The second-order valence-electron chi connectivity index (χ2n) is 7.77. The third kappa shape index (κ3) is 4.86. The smallest absolute Gasteiger partial charge is 0.338 e. The van der Waals surface area contributed by atoms with Gasteiger partial charge in [0.25, 0.3) is 0 Å². The lowest BCUT2D eigenvalue weighted by Crippen LogP contribution is -2.08. The van der Waals surface area contributed by atoms with E-state index >= 15 is 0 Å². The van der Waals surface area contributed by atoms with Crippen molar-refractivity contribution in [2.24, 2.45) is 0 Å². The first-order chi connectivity index (χ1) is 16.6. The number of thioether (sulfide) groups is 1. The summed E-state index contributed by atoms with van der Waals surface area (Å²) >= 11 is 7.62. The van der Waals surface area contributed by atoms with Crippen LogP contribution in [0.1, 0.15) is 21.5 Å². The minimum atomic E-state index is -0.476. The summed E-state index contributed by atoms with van der Waals surface area (Å²) in [4.78, 5) is 25.9. The van der Waals surface area contributed by atoms with Crippen LogP contribution in [-0.2, 0) is 17.1 Å². The summed E-state index contributed by atoms with van der Waals surface area (Å²) in [6.45, 7) is -0.0247. The highest BCUT2D eigenvalue weighted by atomic mass is 35.5. The highest BCUT2D eigenvalue weighted by Crippen LogP contribution is 2.28. The van der Waals surface area contributed by atoms with E-state index in [1.54, 1.807) is 30.0 Å². The molecule has 0 aliphatic heterocycles. The van der Waals surface area contributed by atoms with Crippen LogP contribution in [0.2, 0.25) is 5.02 Å². The Morgan fingerprint density at radius 3 is 2.47 bits per heavy atom. The van der Waals surface area contributed by atoms with Gasteiger partial charge in [-0.25, -0.2) is 9.59 Å². The Bertz CT molecular complexity index is 1540. The fourth-order valence-corrected chi connectivity index (χ4v) is 4.78. The number of halogens is 1. The van der Waals surface area contributed by atoms with E-state index in [-0.39, 0.29) is 6.61 Å². The summed E-state index contributed by atoms with van der Waals surface area (Å²) in [5.41, 5.74) is 2.16. The van der Waals surface area contributed by atoms with E-state index in [9.17, 15) is 9.59 Å². The number of hydrogen-bond donors (Lipinski definition) is 0. The molecule has 1 heterocycles. The quantitative estimate of drug-likeness (QED) is 0.109. The van der Waals surface area contributed by atoms with Gasteiger partial charge < -0.3 is 9.15 Å². The molecule has 0 amide bonds. The zero-order valence-electron chi connectivity index (χ0n) is 18.0. The van der Waals surface area contributed by atoms with Crippen molar-refractivity contribution in [1.29, 1.82) is 0 Å². The average Bonchev–Trinajstić information content (AvgIpc) is 2.86. The standard InChI is InChI=1S/C28H19ClO4S/c29-22-10-12-23(13-11-22)34-17-18-5-7-20(8-6-18)28(31)32-16-21-15-26(30)33-25-14-9-19-3-1-2-4-24(19)27(21)25/h1-15H,16-17H2. The molecule has 5 aromatic rings. The Morgan fingerprint density at radius 1 is 0.912 bits per heavy atom. The van der Waals surface area contributed by atoms with Crippen molar-refractivity contribution in [3.63, 3.8) is 0 Å². The molecule has 0 atom stereocenters. The van der Waals surface area contributed by atoms with Gasteiger partial charge in [0.2, 0.25) is 0 Å². The minimum absolute atomic E-state index is 0.0247. The molecular weight excluding hydrogens is 468 g/mol. The van der Waals surface area contributed by atoms with E-state index in [0.29, 0.717) is 21.7 Å². The number of fused-ring (bicyclic) bond motifs is 3. The van der Waals surface area contributed by atoms with Crippen LogP contribution in [0.15, 0.2) is 105 Å². The summed E-state index contributed by atoms with van der Waals surface area (Å²) in [7, 11) is 0. The number of carbonyl (C=O) groups is 1. The normalized spacial score (nSPS) is 11.1. The molecule has 4 aromatic carbocycles. The number of esters is 1. The van der Waals surface area contributed by atoms with E-state index in [1.807, 2.05) is 66.7 Å². The van der Waals surface area contributed by atoms with E-state index in [0.717, 1.165) is 32.4 Å². The molecule has 0 fully saturated rings. The van der Waals surface area contributed by atoms with Gasteiger partial charge in [0.15, 0.2) is 0 Å². The summed E-state index contributed by atoms with van der Waals surface area (Å²) in [6, 6.07) is 27.9. The van der Waals surface area contributed by atoms with Gasteiger partial charge in [-0.05, 0) is 58.8 Å². The molecule has 5 rings (SSSR count). The summed E-state index contributed by atoms with van der Waals surface area (Å²) in [5, 5.41) is 3.45. The average molecular weight is 487 g/mol. The van der Waals surface area contributed by atoms with E-state index in [1.165, 1.54) is 6.07 Å². The van der Waals surface area contributed by atoms with Crippen LogP contribution in [0.3, 0.4) is 0 Å². The Kier molecular flexibility index (Phi) is 6.39. The first-order valence-corrected chi connectivity index (χ1v) is 12.0. The molecule has 0 saturated carbocycles. The fraction of sp³-hybridized carbons (Fsp3) is 0.0714. The predicted molar refractivity (Wildman–Crippen MR) is 137 cm³/mol. The number of carbonyl (C=O) groups excluding carboxylic acids is 1. The minimum Gasteiger partial charge on any atom is -0.457 e. The van der Waals surface area contributed by atoms with Crippen LogP contribution < -0.4 is 5.63 Å². The number of ether oxygens (including phenoxy) is 1. The van der Waals surface area contributed by atoms with Gasteiger partial charge in [0.05, 0.1) is 5.56 Å². The van der Waals surface area contributed by atoms with Crippen LogP contribution in [0.4, 0.5) is 0 Å². The Balaban J connectivity index is 1.30. The van der Waals surface area contributed by atoms with Crippen molar-refractivity contribution < 1.29 is 13.9 Å². The van der Waals surface area contributed by atoms with Gasteiger partial charge >= 0.3 is 11.6 Å². The van der Waals surface area contributed by atoms with Gasteiger partial charge in [0.1, 0.15) is 12.2 Å². The van der Waals surface area contributed by atoms with Crippen LogP contribution in [-0.4, -0.2) is 5.97 Å². The van der Waals surface area contributed by atoms with Gasteiger partial charge in [-0.15, -0.1) is 11.8 Å². The molecule has 168 valence electrons. The first-order valence-electron chi connectivity index (χ1n) is 10.7. The summed E-state index contributed by atoms with van der Waals surface area (Å²) in [6.07, 6.45) is 0. The SMILES string of the molecule is O=C(OCc1cc(=O)oc2ccc3ccccc3c12)c1ccc(CSc2ccc(Cl)cc2)cc1. The van der Waals surface area contributed by atoms with Gasteiger partial charge in [-0.1, -0.05) is 54.1 Å². The Labute approximate surface area is 205 Å². The molecular formula is C28H19ClO4S. The zero-order valence-corrected chi connectivity index (χ0v) is 19.6. The van der Waals surface area contributed by atoms with Gasteiger partial charge in [-0.3, -0.25) is 0 Å². The highest BCUT2D eigenvalue weighted by Gasteiger charge is 2.13. The molecule has 4 nitrogen and oxygen atoms in total. The largest absolute Gasteiger partial charge is 0.457 e. The summed E-state index contributed by atoms with van der Waals surface area (Å²) < 4.78 is 10.9. The Morgan fingerprint density at radius 2 is 1.68 bits per heavy atom. The van der Waals surface area contributed by atoms with Crippen LogP contribution >= 0.6 is 23.4 Å². The van der Waals surface area contributed by atoms with Crippen LogP contribution in [0.25, 0.3) is 21.7 Å². The molecule has 0 aliphatic rings. The first kappa shape index (κ1) is 22.3. The second kappa shape index (κ2) is 9.75. The van der Waals surface area contributed by atoms with Crippen molar-refractivity contribution in [3.05, 3.63) is 123 Å². The molecule has 0 aliphatic carbocycles. The molecule has 1 aromatic heterocycles. The monoisotopic (exact) mass is 486 g/mol. The van der Waals surface area contributed by atoms with Crippen LogP contribution in [0.5, 0.6) is 0 Å². The van der Waals surface area contributed by atoms with Crippen molar-refractivity contribution in [1.82, 2.24) is 0 Å². The maximum atomic E-state index is 12.7. The van der Waals surface area contributed by atoms with Crippen molar-refractivity contribution in [2.75, 3.05) is 0 Å². The topological polar surface area (TPSA) is 56.5 Å². The number of hydrogen-bond acceptors (Lipinski definition) is 5. The third-order valence-corrected chi connectivity index (χ3v) is 6.82. The fourth-order valence-electron chi connectivity index (χ4n) is 3.80. The lowest BCUT2D eigenvalue weighted by molar-refractivity contribution is 0.0474. The number of benzene rings is 4. The third-order valence-electron chi connectivity index (χ3n) is 5.48. The van der Waals surface area contributed by atoms with Crippen molar-refractivity contribution in [3.8, 4) is 0 Å². The Hall–Kier alpha value is -3.54. The molecule has 0 unspecified atom stereocenters. The maximum absolute atomic E-state index is 12.7. The molecule has 0 radical (unpaired) electrons. The maximum Gasteiger partial charge on any atom is 0.338 e. The molecule has 0 spiro atoms. The van der Waals surface area contributed by atoms with Crippen molar-refractivity contribution >= 4 is 51.1 Å². The van der Waals surface area contributed by atoms with Crippen LogP contribution in [0, 0.1) is 0 Å². The highest BCUT2D eigenvalue weighted by molar-refractivity contribution is 7.98. The molecule has 0 bridgehead atoms. The molecule has 34 heavy (non-hydrogen) atoms. The van der Waals surface area contributed by atoms with E-state index in [4.69, 9.17) is 20.8 Å². The van der Waals surface area contributed by atoms with E-state index in [2.05, 4.69) is 0 Å². The summed E-state index contributed by atoms with van der Waals surface area (Å²) in [5.74, 6) is 0.328. The second-order valence-corrected chi connectivity index (χ2v) is 9.25.